The number of benzene rings is 1. The van der Waals surface area contributed by atoms with Crippen LogP contribution in [-0.4, -0.2) is 110 Å². The molecule has 0 spiro atoms. The minimum atomic E-state index is -0.527. The first kappa shape index (κ1) is 37.6. The molecule has 1 saturated heterocycles. The van der Waals surface area contributed by atoms with E-state index in [9.17, 15) is 19.2 Å². The van der Waals surface area contributed by atoms with E-state index in [4.69, 9.17) is 0 Å². The topological polar surface area (TPSA) is 74.8 Å². The maximum Gasteiger partial charge on any atom is 0.261 e. The van der Waals surface area contributed by atoms with Gasteiger partial charge in [0.1, 0.15) is 0 Å². The van der Waals surface area contributed by atoms with Gasteiger partial charge in [0.05, 0.1) is 82.9 Å². The molecule has 4 amide bonds. The minimum Gasteiger partial charge on any atom is -1.00 e. The Morgan fingerprint density at radius 3 is 1.49 bits per heavy atom. The number of imide groups is 2. The van der Waals surface area contributed by atoms with Gasteiger partial charge in [-0.2, -0.15) is 0 Å². The number of carbonyl (C=O) groups excluding carboxylic acids is 4. The second-order valence-corrected chi connectivity index (χ2v) is 14.5. The molecule has 0 bridgehead atoms. The van der Waals surface area contributed by atoms with Crippen molar-refractivity contribution in [1.29, 1.82) is 0 Å². The average Bonchev–Trinajstić information content (AvgIpc) is 3.25. The molecule has 1 aliphatic carbocycles. The number of likely N-dealkylation sites (tertiary alicyclic amines) is 1. The van der Waals surface area contributed by atoms with Gasteiger partial charge in [0, 0.05) is 13.0 Å². The molecule has 2 atom stereocenters. The number of halogens is 2. The van der Waals surface area contributed by atoms with Crippen LogP contribution in [0, 0.1) is 10.8 Å². The highest BCUT2D eigenvalue weighted by atomic mass is 79.9. The molecule has 3 aliphatic rings. The summed E-state index contributed by atoms with van der Waals surface area (Å²) >= 11 is 0. The van der Waals surface area contributed by atoms with E-state index < -0.39 is 10.8 Å². The van der Waals surface area contributed by atoms with Gasteiger partial charge in [0.15, 0.2) is 0 Å². The lowest BCUT2D eigenvalue weighted by atomic mass is 9.59. The lowest BCUT2D eigenvalue weighted by molar-refractivity contribution is -0.891. The highest BCUT2D eigenvalue weighted by Gasteiger charge is 2.64. The number of likely N-dealkylation sites (N-methyl/N-ethyl adjacent to an activating group) is 1. The molecule has 2 fully saturated rings. The molecule has 0 aromatic heterocycles. The number of amides is 4. The first-order valence-corrected chi connectivity index (χ1v) is 15.7. The molecule has 43 heavy (non-hydrogen) atoms. The van der Waals surface area contributed by atoms with E-state index in [-0.39, 0.29) is 57.6 Å². The van der Waals surface area contributed by atoms with Gasteiger partial charge in [-0.15, -0.1) is 0 Å². The normalized spacial score (nSPS) is 23.7. The molecule has 10 heteroatoms. The van der Waals surface area contributed by atoms with E-state index in [1.807, 2.05) is 13.8 Å². The van der Waals surface area contributed by atoms with Crippen molar-refractivity contribution in [3.63, 3.8) is 0 Å². The maximum absolute atomic E-state index is 13.3. The Labute approximate surface area is 279 Å². The molecule has 4 rings (SSSR count). The number of rotatable bonds is 14. The molecule has 1 saturated carbocycles. The van der Waals surface area contributed by atoms with Crippen molar-refractivity contribution in [3.05, 3.63) is 35.4 Å². The van der Waals surface area contributed by atoms with Gasteiger partial charge in [-0.3, -0.25) is 29.0 Å². The van der Waals surface area contributed by atoms with Gasteiger partial charge in [-0.25, -0.2) is 0 Å². The Balaban J connectivity index is 0.00000323. The van der Waals surface area contributed by atoms with Crippen LogP contribution in [0.4, 0.5) is 0 Å². The van der Waals surface area contributed by atoms with Crippen molar-refractivity contribution < 1.29 is 62.1 Å². The van der Waals surface area contributed by atoms with Crippen LogP contribution < -0.4 is 34.0 Å². The zero-order valence-electron chi connectivity index (χ0n) is 27.1. The summed E-state index contributed by atoms with van der Waals surface area (Å²) in [7, 11) is 8.85. The van der Waals surface area contributed by atoms with Crippen molar-refractivity contribution in [1.82, 2.24) is 9.80 Å². The fourth-order valence-electron chi connectivity index (χ4n) is 7.21. The quantitative estimate of drug-likeness (QED) is 0.131. The maximum atomic E-state index is 13.3. The molecular formula is C33H52Br2N4O4. The molecule has 0 N–H and O–H groups in total. The highest BCUT2D eigenvalue weighted by Crippen LogP contribution is 2.56. The Morgan fingerprint density at radius 2 is 1.02 bits per heavy atom. The lowest BCUT2D eigenvalue weighted by Crippen LogP contribution is -3.00. The van der Waals surface area contributed by atoms with E-state index in [0.717, 1.165) is 86.5 Å². The number of hydrogen-bond acceptors (Lipinski definition) is 4. The van der Waals surface area contributed by atoms with Crippen molar-refractivity contribution in [2.75, 3.05) is 67.5 Å². The van der Waals surface area contributed by atoms with E-state index in [2.05, 4.69) is 28.2 Å². The van der Waals surface area contributed by atoms with Crippen LogP contribution in [0.5, 0.6) is 0 Å². The van der Waals surface area contributed by atoms with Crippen LogP contribution in [-0.2, 0) is 9.59 Å². The predicted molar refractivity (Wildman–Crippen MR) is 160 cm³/mol. The van der Waals surface area contributed by atoms with Crippen molar-refractivity contribution in [3.8, 4) is 0 Å². The molecule has 1 aromatic rings. The first-order valence-electron chi connectivity index (χ1n) is 15.7. The Hall–Kier alpha value is -1.62. The molecule has 0 radical (unpaired) electrons. The van der Waals surface area contributed by atoms with Crippen molar-refractivity contribution in [2.45, 2.75) is 71.6 Å². The van der Waals surface area contributed by atoms with Crippen LogP contribution in [0.3, 0.4) is 0 Å². The molecule has 2 aliphatic heterocycles. The van der Waals surface area contributed by atoms with Gasteiger partial charge < -0.3 is 42.9 Å². The third kappa shape index (κ3) is 7.79. The molecule has 0 unspecified atom stereocenters. The van der Waals surface area contributed by atoms with E-state index in [0.29, 0.717) is 24.2 Å². The Kier molecular flexibility index (Phi) is 12.8. The summed E-state index contributed by atoms with van der Waals surface area (Å²) in [5, 5.41) is 0. The zero-order chi connectivity index (χ0) is 30.1. The van der Waals surface area contributed by atoms with Crippen LogP contribution in [0.15, 0.2) is 24.3 Å². The lowest BCUT2D eigenvalue weighted by Gasteiger charge is -2.40. The molecule has 242 valence electrons. The molecular weight excluding hydrogens is 676 g/mol. The van der Waals surface area contributed by atoms with Crippen LogP contribution in [0.25, 0.3) is 0 Å². The first-order chi connectivity index (χ1) is 19.2. The third-order valence-electron chi connectivity index (χ3n) is 10.5. The van der Waals surface area contributed by atoms with Crippen LogP contribution in [0.1, 0.15) is 92.4 Å². The summed E-state index contributed by atoms with van der Waals surface area (Å²) < 4.78 is 1.68. The molecule has 8 nitrogen and oxygen atoms in total. The van der Waals surface area contributed by atoms with Gasteiger partial charge >= 0.3 is 0 Å². The fourth-order valence-corrected chi connectivity index (χ4v) is 7.21. The monoisotopic (exact) mass is 726 g/mol. The minimum absolute atomic E-state index is 0. The van der Waals surface area contributed by atoms with Crippen molar-refractivity contribution >= 4 is 23.6 Å². The van der Waals surface area contributed by atoms with Crippen LogP contribution in [0.2, 0.25) is 0 Å². The smallest absolute Gasteiger partial charge is 0.261 e. The second kappa shape index (κ2) is 14.6. The number of quaternary nitrogens is 2. The van der Waals surface area contributed by atoms with Gasteiger partial charge in [0.2, 0.25) is 11.8 Å². The summed E-state index contributed by atoms with van der Waals surface area (Å²) in [6, 6.07) is 7.07. The second-order valence-electron chi connectivity index (χ2n) is 14.5. The zero-order valence-corrected chi connectivity index (χ0v) is 30.3. The van der Waals surface area contributed by atoms with Crippen molar-refractivity contribution in [2.24, 2.45) is 10.8 Å². The number of hydrogen-bond donors (Lipinski definition) is 0. The fraction of sp³-hybridized carbons (Fsp3) is 0.697. The molecule has 1 aromatic carbocycles. The van der Waals surface area contributed by atoms with E-state index >= 15 is 0 Å². The number of fused-ring (bicyclic) bond motifs is 2. The standard InChI is InChI=1S/C33H52N4O4.2BrH/c1-32-18-11-12-19-33(32,2)31(41)35(30(32)40)21-25-37(5,6)23-14-8-7-13-22-36(3,4)24-15-20-34-28(38)26-16-9-10-17-27(26)29(34)39;;/h9-10,16-17H,7-8,11-15,18-25H2,1-6H3;2*1H/q+2;;/p-2/t32-,33+;;. The SMILES string of the molecule is C[C@@]12CCCC[C@]1(C)C(=O)N(CC[N+](C)(C)CCCCCC[N+](C)(C)CCCN1C(=O)c3ccccc3C1=O)C2=O.[Br-].[Br-]. The van der Waals surface area contributed by atoms with Crippen LogP contribution >= 0.6 is 0 Å². The Morgan fingerprint density at radius 1 is 0.605 bits per heavy atom. The number of unbranched alkanes of at least 4 members (excludes halogenated alkanes) is 3. The van der Waals surface area contributed by atoms with Gasteiger partial charge in [-0.05, 0) is 64.5 Å². The molecule has 2 heterocycles. The van der Waals surface area contributed by atoms with Gasteiger partial charge in [0.25, 0.3) is 11.8 Å². The summed E-state index contributed by atoms with van der Waals surface area (Å²) in [6.07, 6.45) is 9.10. The average molecular weight is 729 g/mol. The summed E-state index contributed by atoms with van der Waals surface area (Å²) in [6.45, 7) is 8.82. The summed E-state index contributed by atoms with van der Waals surface area (Å²) in [5.41, 5.74) is -0.0126. The van der Waals surface area contributed by atoms with Gasteiger partial charge in [-0.1, -0.05) is 25.0 Å². The number of nitrogens with zero attached hydrogens (tertiary/aromatic N) is 4. The number of carbonyl (C=O) groups is 4. The highest BCUT2D eigenvalue weighted by molar-refractivity contribution is 6.21. The Bertz CT molecular complexity index is 1120. The predicted octanol–water partition coefficient (Wildman–Crippen LogP) is -1.65. The summed E-state index contributed by atoms with van der Waals surface area (Å²) in [4.78, 5) is 54.7. The largest absolute Gasteiger partial charge is 1.00 e. The van der Waals surface area contributed by atoms with E-state index in [1.165, 1.54) is 11.3 Å². The van der Waals surface area contributed by atoms with E-state index in [1.54, 1.807) is 29.2 Å². The summed E-state index contributed by atoms with van der Waals surface area (Å²) in [5.74, 6) is -0.238. The third-order valence-corrected chi connectivity index (χ3v) is 10.5.